The van der Waals surface area contributed by atoms with Crippen molar-refractivity contribution in [1.29, 1.82) is 0 Å². The molecule has 6 heteroatoms. The first-order chi connectivity index (χ1) is 8.74. The standard InChI is InChI=1S/C13H12ClNO4/c1-13(2)6-10(16)15(12(13)19)9-4-3-7(11(17)18)5-8(9)14/h3-5H,6H2,1-2H3,(H,17,18). The molecule has 1 N–H and O–H groups in total. The molecule has 1 saturated heterocycles. The summed E-state index contributed by atoms with van der Waals surface area (Å²) in [4.78, 5) is 35.9. The van der Waals surface area contributed by atoms with Gasteiger partial charge in [0, 0.05) is 6.42 Å². The molecule has 1 aromatic carbocycles. The number of carbonyl (C=O) groups excluding carboxylic acids is 2. The van der Waals surface area contributed by atoms with Crippen LogP contribution in [0.1, 0.15) is 30.6 Å². The SMILES string of the molecule is CC1(C)CC(=O)N(c2ccc(C(=O)O)cc2Cl)C1=O. The van der Waals surface area contributed by atoms with Gasteiger partial charge in [0.15, 0.2) is 0 Å². The molecule has 1 aliphatic rings. The first-order valence-corrected chi connectivity index (χ1v) is 6.02. The molecular weight excluding hydrogens is 270 g/mol. The number of benzene rings is 1. The molecule has 1 heterocycles. The average Bonchev–Trinajstić information content (AvgIpc) is 2.49. The fourth-order valence-electron chi connectivity index (χ4n) is 2.01. The summed E-state index contributed by atoms with van der Waals surface area (Å²) in [5.41, 5.74) is -0.523. The van der Waals surface area contributed by atoms with E-state index in [0.717, 1.165) is 4.90 Å². The second-order valence-corrected chi connectivity index (χ2v) is 5.47. The number of imide groups is 1. The lowest BCUT2D eigenvalue weighted by Gasteiger charge is -2.19. The number of hydrogen-bond acceptors (Lipinski definition) is 3. The van der Waals surface area contributed by atoms with Gasteiger partial charge in [0.05, 0.1) is 21.7 Å². The second kappa shape index (κ2) is 4.35. The van der Waals surface area contributed by atoms with Crippen LogP contribution in [0.4, 0.5) is 5.69 Å². The molecule has 100 valence electrons. The predicted molar refractivity (Wildman–Crippen MR) is 69.3 cm³/mol. The van der Waals surface area contributed by atoms with Gasteiger partial charge in [-0.05, 0) is 18.2 Å². The number of aromatic carboxylic acids is 1. The van der Waals surface area contributed by atoms with E-state index in [9.17, 15) is 14.4 Å². The molecule has 0 unspecified atom stereocenters. The lowest BCUT2D eigenvalue weighted by molar-refractivity contribution is -0.124. The predicted octanol–water partition coefficient (Wildman–Crippen LogP) is 2.33. The Kier molecular flexibility index (Phi) is 3.10. The van der Waals surface area contributed by atoms with Crippen molar-refractivity contribution in [3.63, 3.8) is 0 Å². The van der Waals surface area contributed by atoms with E-state index in [4.69, 9.17) is 16.7 Å². The second-order valence-electron chi connectivity index (χ2n) is 5.07. The van der Waals surface area contributed by atoms with Gasteiger partial charge in [-0.3, -0.25) is 9.59 Å². The maximum absolute atomic E-state index is 12.1. The monoisotopic (exact) mass is 281 g/mol. The van der Waals surface area contributed by atoms with Crippen LogP contribution in [0.2, 0.25) is 5.02 Å². The Hall–Kier alpha value is -1.88. The number of rotatable bonds is 2. The van der Waals surface area contributed by atoms with Crippen molar-refractivity contribution in [3.8, 4) is 0 Å². The Morgan fingerprint density at radius 1 is 1.37 bits per heavy atom. The van der Waals surface area contributed by atoms with Gasteiger partial charge in [0.25, 0.3) is 0 Å². The van der Waals surface area contributed by atoms with Gasteiger partial charge in [0.2, 0.25) is 11.8 Å². The molecule has 0 radical (unpaired) electrons. The summed E-state index contributed by atoms with van der Waals surface area (Å²) in [6.07, 6.45) is 0.114. The number of anilines is 1. The maximum Gasteiger partial charge on any atom is 0.335 e. The van der Waals surface area contributed by atoms with Crippen LogP contribution in [0.3, 0.4) is 0 Å². The highest BCUT2D eigenvalue weighted by atomic mass is 35.5. The van der Waals surface area contributed by atoms with Crippen molar-refractivity contribution >= 4 is 35.1 Å². The number of nitrogens with zero attached hydrogens (tertiary/aromatic N) is 1. The smallest absolute Gasteiger partial charge is 0.335 e. The highest BCUT2D eigenvalue weighted by Gasteiger charge is 2.46. The molecule has 0 atom stereocenters. The van der Waals surface area contributed by atoms with Gasteiger partial charge in [0.1, 0.15) is 0 Å². The van der Waals surface area contributed by atoms with Crippen molar-refractivity contribution in [1.82, 2.24) is 0 Å². The van der Waals surface area contributed by atoms with Gasteiger partial charge in [-0.1, -0.05) is 25.4 Å². The van der Waals surface area contributed by atoms with Gasteiger partial charge in [-0.25, -0.2) is 9.69 Å². The van der Waals surface area contributed by atoms with Gasteiger partial charge in [-0.15, -0.1) is 0 Å². The molecule has 0 bridgehead atoms. The summed E-state index contributed by atoms with van der Waals surface area (Å²) in [5.74, 6) is -1.78. The maximum atomic E-state index is 12.1. The van der Waals surface area contributed by atoms with Crippen LogP contribution in [0.25, 0.3) is 0 Å². The van der Waals surface area contributed by atoms with E-state index in [1.54, 1.807) is 13.8 Å². The number of halogens is 1. The van der Waals surface area contributed by atoms with Crippen molar-refractivity contribution in [2.75, 3.05) is 4.90 Å². The van der Waals surface area contributed by atoms with E-state index in [0.29, 0.717) is 0 Å². The van der Waals surface area contributed by atoms with Crippen molar-refractivity contribution in [2.24, 2.45) is 5.41 Å². The highest BCUT2D eigenvalue weighted by molar-refractivity contribution is 6.36. The molecule has 5 nitrogen and oxygen atoms in total. The summed E-state index contributed by atoms with van der Waals surface area (Å²) in [7, 11) is 0. The number of carboxylic acids is 1. The Bertz CT molecular complexity index is 594. The summed E-state index contributed by atoms with van der Waals surface area (Å²) in [6, 6.07) is 3.92. The van der Waals surface area contributed by atoms with Crippen LogP contribution in [-0.4, -0.2) is 22.9 Å². The molecule has 19 heavy (non-hydrogen) atoms. The summed E-state index contributed by atoms with van der Waals surface area (Å²) >= 11 is 5.97. The van der Waals surface area contributed by atoms with Gasteiger partial charge >= 0.3 is 5.97 Å². The van der Waals surface area contributed by atoms with Crippen molar-refractivity contribution in [3.05, 3.63) is 28.8 Å². The molecule has 0 saturated carbocycles. The Balaban J connectivity index is 2.46. The van der Waals surface area contributed by atoms with Crippen LogP contribution in [0, 0.1) is 5.41 Å². The molecule has 0 aliphatic carbocycles. The number of amides is 2. The zero-order valence-corrected chi connectivity index (χ0v) is 11.2. The van der Waals surface area contributed by atoms with Gasteiger partial charge < -0.3 is 5.11 Å². The Morgan fingerprint density at radius 3 is 2.42 bits per heavy atom. The van der Waals surface area contributed by atoms with Gasteiger partial charge in [-0.2, -0.15) is 0 Å². The zero-order chi connectivity index (χ0) is 14.4. The van der Waals surface area contributed by atoms with Crippen LogP contribution >= 0.6 is 11.6 Å². The lowest BCUT2D eigenvalue weighted by atomic mass is 9.92. The molecule has 0 aromatic heterocycles. The lowest BCUT2D eigenvalue weighted by Crippen LogP contribution is -2.33. The number of carbonyl (C=O) groups is 3. The van der Waals surface area contributed by atoms with E-state index in [1.165, 1.54) is 18.2 Å². The average molecular weight is 282 g/mol. The minimum absolute atomic E-state index is 0.00658. The highest BCUT2D eigenvalue weighted by Crippen LogP contribution is 2.38. The Morgan fingerprint density at radius 2 is 2.00 bits per heavy atom. The Labute approximate surface area is 114 Å². The summed E-state index contributed by atoms with van der Waals surface area (Å²) in [6.45, 7) is 3.37. The van der Waals surface area contributed by atoms with E-state index in [-0.39, 0.29) is 34.5 Å². The third-order valence-electron chi connectivity index (χ3n) is 3.06. The van der Waals surface area contributed by atoms with Crippen molar-refractivity contribution in [2.45, 2.75) is 20.3 Å². The minimum Gasteiger partial charge on any atom is -0.478 e. The zero-order valence-electron chi connectivity index (χ0n) is 10.4. The third kappa shape index (κ3) is 2.21. The molecule has 2 rings (SSSR count). The molecule has 1 aliphatic heterocycles. The van der Waals surface area contributed by atoms with E-state index in [2.05, 4.69) is 0 Å². The van der Waals surface area contributed by atoms with E-state index in [1.807, 2.05) is 0 Å². The summed E-state index contributed by atoms with van der Waals surface area (Å²) in [5, 5.41) is 8.92. The number of carboxylic acid groups (broad SMARTS) is 1. The number of hydrogen-bond donors (Lipinski definition) is 1. The molecule has 1 fully saturated rings. The van der Waals surface area contributed by atoms with Crippen LogP contribution in [0.15, 0.2) is 18.2 Å². The first kappa shape index (κ1) is 13.5. The fraction of sp³-hybridized carbons (Fsp3) is 0.308. The van der Waals surface area contributed by atoms with Crippen LogP contribution in [-0.2, 0) is 9.59 Å². The van der Waals surface area contributed by atoms with E-state index < -0.39 is 11.4 Å². The quantitative estimate of drug-likeness (QED) is 0.844. The third-order valence-corrected chi connectivity index (χ3v) is 3.36. The normalized spacial score (nSPS) is 17.9. The van der Waals surface area contributed by atoms with E-state index >= 15 is 0 Å². The molecule has 0 spiro atoms. The molecule has 1 aromatic rings. The fourth-order valence-corrected chi connectivity index (χ4v) is 2.28. The van der Waals surface area contributed by atoms with Crippen molar-refractivity contribution < 1.29 is 19.5 Å². The molecule has 2 amide bonds. The minimum atomic E-state index is -1.12. The topological polar surface area (TPSA) is 74.7 Å². The largest absolute Gasteiger partial charge is 0.478 e. The van der Waals surface area contributed by atoms with Crippen LogP contribution < -0.4 is 4.90 Å². The van der Waals surface area contributed by atoms with Crippen LogP contribution in [0.5, 0.6) is 0 Å². The first-order valence-electron chi connectivity index (χ1n) is 5.64. The summed E-state index contributed by atoms with van der Waals surface area (Å²) < 4.78 is 0. The molecular formula is C13H12ClNO4.